The average Bonchev–Trinajstić information content (AvgIpc) is 2.48. The predicted molar refractivity (Wildman–Crippen MR) is 63.1 cm³/mol. The Morgan fingerprint density at radius 3 is 2.67 bits per heavy atom. The molecule has 0 spiro atoms. The van der Waals surface area contributed by atoms with Crippen LogP contribution in [0.4, 0.5) is 0 Å². The predicted octanol–water partition coefficient (Wildman–Crippen LogP) is 1.19. The number of nitrogens with one attached hydrogen (secondary N) is 1. The third-order valence-corrected chi connectivity index (χ3v) is 2.66. The first-order chi connectivity index (χ1) is 7.43. The molecule has 3 rings (SSSR count). The molecule has 2 aliphatic rings. The van der Waals surface area contributed by atoms with Gasteiger partial charge in [0.15, 0.2) is 0 Å². The minimum absolute atomic E-state index is 1.16. The van der Waals surface area contributed by atoms with E-state index in [0.717, 1.165) is 5.70 Å². The molecule has 1 aliphatic heterocycles. The molecule has 1 aromatic carbocycles. The molecule has 0 amide bonds. The molecule has 0 atom stereocenters. The Hall–Kier alpha value is -2.02. The first-order valence-electron chi connectivity index (χ1n) is 5.06. The van der Waals surface area contributed by atoms with E-state index in [1.54, 1.807) is 0 Å². The Morgan fingerprint density at radius 1 is 0.867 bits per heavy atom. The van der Waals surface area contributed by atoms with Crippen molar-refractivity contribution in [3.8, 4) is 0 Å². The highest BCUT2D eigenvalue weighted by Crippen LogP contribution is 2.13. The van der Waals surface area contributed by atoms with E-state index in [-0.39, 0.29) is 0 Å². The second kappa shape index (κ2) is 3.28. The Morgan fingerprint density at radius 2 is 1.73 bits per heavy atom. The fourth-order valence-corrected chi connectivity index (χ4v) is 1.87. The largest absolute Gasteiger partial charge is 0.361 e. The van der Waals surface area contributed by atoms with Gasteiger partial charge in [0.1, 0.15) is 0 Å². The van der Waals surface area contributed by atoms with Crippen LogP contribution in [0.15, 0.2) is 60.0 Å². The van der Waals surface area contributed by atoms with E-state index in [1.807, 2.05) is 12.3 Å². The van der Waals surface area contributed by atoms with Crippen molar-refractivity contribution < 1.29 is 0 Å². The van der Waals surface area contributed by atoms with Crippen molar-refractivity contribution in [1.29, 1.82) is 0 Å². The van der Waals surface area contributed by atoms with Crippen LogP contribution in [0.1, 0.15) is 0 Å². The molecule has 1 aliphatic carbocycles. The van der Waals surface area contributed by atoms with E-state index in [2.05, 4.69) is 53.9 Å². The quantitative estimate of drug-likeness (QED) is 0.652. The van der Waals surface area contributed by atoms with Gasteiger partial charge < -0.3 is 5.32 Å². The molecule has 1 heterocycles. The molecule has 0 bridgehead atoms. The van der Waals surface area contributed by atoms with Crippen LogP contribution in [0, 0.1) is 0 Å². The highest BCUT2D eigenvalue weighted by molar-refractivity contribution is 5.65. The molecule has 0 saturated carbocycles. The van der Waals surface area contributed by atoms with Gasteiger partial charge in [0.25, 0.3) is 0 Å². The van der Waals surface area contributed by atoms with Crippen molar-refractivity contribution in [2.24, 2.45) is 0 Å². The third-order valence-electron chi connectivity index (χ3n) is 2.66. The molecule has 0 fully saturated rings. The normalized spacial score (nSPS) is 16.8. The van der Waals surface area contributed by atoms with Gasteiger partial charge in [0.2, 0.25) is 0 Å². The summed E-state index contributed by atoms with van der Waals surface area (Å²) in [4.78, 5) is 0. The summed E-state index contributed by atoms with van der Waals surface area (Å²) in [7, 11) is 0. The number of fused-ring (bicyclic) bond motifs is 2. The molecular formula is C14H11N. The molecule has 15 heavy (non-hydrogen) atoms. The summed E-state index contributed by atoms with van der Waals surface area (Å²) in [6.07, 6.45) is 12.6. The number of hydrogen-bond acceptors (Lipinski definition) is 1. The van der Waals surface area contributed by atoms with Gasteiger partial charge in [-0.05, 0) is 34.2 Å². The molecule has 0 saturated heterocycles. The monoisotopic (exact) mass is 193 g/mol. The standard InChI is InChI=1S/C14H11N/c1-2-5-12-10-13-6-3-9-15-14(13)8-7-11(12)4-1/h1-10,15H. The van der Waals surface area contributed by atoms with E-state index in [1.165, 1.54) is 16.0 Å². The van der Waals surface area contributed by atoms with Gasteiger partial charge in [-0.25, -0.2) is 0 Å². The van der Waals surface area contributed by atoms with E-state index in [0.29, 0.717) is 0 Å². The van der Waals surface area contributed by atoms with Gasteiger partial charge in [-0.2, -0.15) is 0 Å². The smallest absolute Gasteiger partial charge is 0.0453 e. The molecular weight excluding hydrogens is 182 g/mol. The zero-order chi connectivity index (χ0) is 10.1. The second-order valence-corrected chi connectivity index (χ2v) is 3.65. The van der Waals surface area contributed by atoms with E-state index in [4.69, 9.17) is 0 Å². The summed E-state index contributed by atoms with van der Waals surface area (Å²) >= 11 is 0. The SMILES string of the molecule is C1=CNC2=CC=c3ccccc3=CC2=C1. The van der Waals surface area contributed by atoms with Gasteiger partial charge in [0, 0.05) is 11.9 Å². The third kappa shape index (κ3) is 1.42. The van der Waals surface area contributed by atoms with Crippen molar-refractivity contribution in [2.45, 2.75) is 0 Å². The highest BCUT2D eigenvalue weighted by atomic mass is 14.9. The summed E-state index contributed by atoms with van der Waals surface area (Å²) in [6.45, 7) is 0. The minimum atomic E-state index is 1.16. The van der Waals surface area contributed by atoms with E-state index >= 15 is 0 Å². The van der Waals surface area contributed by atoms with Gasteiger partial charge in [-0.1, -0.05) is 36.4 Å². The van der Waals surface area contributed by atoms with Crippen LogP contribution in [0.3, 0.4) is 0 Å². The minimum Gasteiger partial charge on any atom is -0.361 e. The lowest BCUT2D eigenvalue weighted by atomic mass is 10.1. The van der Waals surface area contributed by atoms with Crippen molar-refractivity contribution in [1.82, 2.24) is 5.32 Å². The fraction of sp³-hybridized carbons (Fsp3) is 0. The van der Waals surface area contributed by atoms with Gasteiger partial charge in [0.05, 0.1) is 0 Å². The van der Waals surface area contributed by atoms with Gasteiger partial charge in [-0.3, -0.25) is 0 Å². The molecule has 0 radical (unpaired) electrons. The molecule has 1 heteroatoms. The lowest BCUT2D eigenvalue weighted by Gasteiger charge is -2.10. The van der Waals surface area contributed by atoms with Crippen LogP contribution in [-0.2, 0) is 0 Å². The average molecular weight is 193 g/mol. The topological polar surface area (TPSA) is 12.0 Å². The Bertz CT molecular complexity index is 600. The summed E-state index contributed by atoms with van der Waals surface area (Å²) in [6, 6.07) is 8.41. The van der Waals surface area contributed by atoms with Crippen molar-refractivity contribution in [3.63, 3.8) is 0 Å². The molecule has 0 aromatic heterocycles. The summed E-state index contributed by atoms with van der Waals surface area (Å²) in [5.74, 6) is 0. The number of benzene rings is 1. The summed E-state index contributed by atoms with van der Waals surface area (Å²) < 4.78 is 0. The van der Waals surface area contributed by atoms with Crippen molar-refractivity contribution in [2.75, 3.05) is 0 Å². The lowest BCUT2D eigenvalue weighted by molar-refractivity contribution is 1.08. The van der Waals surface area contributed by atoms with Crippen LogP contribution < -0.4 is 15.8 Å². The maximum Gasteiger partial charge on any atom is 0.0453 e. The van der Waals surface area contributed by atoms with Crippen molar-refractivity contribution in [3.05, 3.63) is 70.4 Å². The van der Waals surface area contributed by atoms with Crippen LogP contribution in [0.2, 0.25) is 0 Å². The Labute approximate surface area is 88.4 Å². The lowest BCUT2D eigenvalue weighted by Crippen LogP contribution is -2.22. The molecule has 1 aromatic rings. The molecule has 1 N–H and O–H groups in total. The van der Waals surface area contributed by atoms with Crippen LogP contribution in [0.25, 0.3) is 12.2 Å². The maximum atomic E-state index is 3.25. The van der Waals surface area contributed by atoms with Crippen LogP contribution >= 0.6 is 0 Å². The van der Waals surface area contributed by atoms with Gasteiger partial charge in [-0.15, -0.1) is 0 Å². The van der Waals surface area contributed by atoms with Crippen LogP contribution in [-0.4, -0.2) is 0 Å². The Balaban J connectivity index is 2.32. The second-order valence-electron chi connectivity index (χ2n) is 3.65. The Kier molecular flexibility index (Phi) is 1.82. The molecule has 1 nitrogen and oxygen atoms in total. The molecule has 0 unspecified atom stereocenters. The zero-order valence-corrected chi connectivity index (χ0v) is 8.27. The first kappa shape index (κ1) is 8.30. The fourth-order valence-electron chi connectivity index (χ4n) is 1.87. The number of hydrogen-bond donors (Lipinski definition) is 1. The summed E-state index contributed by atoms with van der Waals surface area (Å²) in [5, 5.41) is 5.78. The first-order valence-corrected chi connectivity index (χ1v) is 5.06. The van der Waals surface area contributed by atoms with Crippen molar-refractivity contribution >= 4 is 12.2 Å². The summed E-state index contributed by atoms with van der Waals surface area (Å²) in [5.41, 5.74) is 2.40. The molecule has 72 valence electrons. The van der Waals surface area contributed by atoms with Gasteiger partial charge >= 0.3 is 0 Å². The van der Waals surface area contributed by atoms with E-state index < -0.39 is 0 Å². The maximum absolute atomic E-state index is 3.25. The number of dihydropyridines is 1. The number of rotatable bonds is 0. The van der Waals surface area contributed by atoms with Crippen LogP contribution in [0.5, 0.6) is 0 Å². The highest BCUT2D eigenvalue weighted by Gasteiger charge is 2.04. The van der Waals surface area contributed by atoms with E-state index in [9.17, 15) is 0 Å². The number of allylic oxidation sites excluding steroid dienone is 4. The zero-order valence-electron chi connectivity index (χ0n) is 8.27.